The van der Waals surface area contributed by atoms with Crippen molar-refractivity contribution < 1.29 is 19.3 Å². The van der Waals surface area contributed by atoms with Crippen LogP contribution in [-0.2, 0) is 19.3 Å². The Kier molecular flexibility index (Phi) is 13.4. The molecule has 1 rings (SSSR count). The molecule has 0 aliphatic heterocycles. The van der Waals surface area contributed by atoms with Crippen molar-refractivity contribution in [1.29, 1.82) is 0 Å². The van der Waals surface area contributed by atoms with E-state index in [1.807, 2.05) is 24.3 Å². The van der Waals surface area contributed by atoms with Gasteiger partial charge < -0.3 is 9.68 Å². The predicted octanol–water partition coefficient (Wildman–Crippen LogP) is 3.98. The molecule has 3 atom stereocenters. The van der Waals surface area contributed by atoms with Crippen molar-refractivity contribution in [3.63, 3.8) is 0 Å². The van der Waals surface area contributed by atoms with Gasteiger partial charge in [0.05, 0.1) is 11.9 Å². The zero-order valence-corrected chi connectivity index (χ0v) is 20.5. The highest BCUT2D eigenvalue weighted by molar-refractivity contribution is 7.45. The van der Waals surface area contributed by atoms with Crippen LogP contribution in [0, 0.1) is 0 Å². The lowest BCUT2D eigenvalue weighted by molar-refractivity contribution is -0.146. The minimum atomic E-state index is -0.661. The van der Waals surface area contributed by atoms with Crippen molar-refractivity contribution in [2.45, 2.75) is 52.7 Å². The van der Waals surface area contributed by atoms with Gasteiger partial charge in [-0.25, -0.2) is 0 Å². The number of rotatable bonds is 14. The summed E-state index contributed by atoms with van der Waals surface area (Å²) in [6.07, 6.45) is 6.24. The molecule has 1 aromatic rings. The van der Waals surface area contributed by atoms with E-state index in [0.717, 1.165) is 30.4 Å². The van der Waals surface area contributed by atoms with Crippen LogP contribution in [0.15, 0.2) is 44.6 Å². The fraction of sp³-hybridized carbons (Fsp3) is 0.429. The van der Waals surface area contributed by atoms with E-state index < -0.39 is 6.29 Å². The van der Waals surface area contributed by atoms with E-state index in [9.17, 15) is 9.59 Å². The zero-order valence-electron chi connectivity index (χ0n) is 18.2. The average Bonchev–Trinajstić information content (AvgIpc) is 2.75. The maximum Gasteiger partial charge on any atom is 0.289 e. The number of nitrogens with zero attached hydrogens (tertiary/aromatic N) is 4. The molecule has 10 heteroatoms. The van der Waals surface area contributed by atoms with Gasteiger partial charge in [0.1, 0.15) is 12.4 Å². The van der Waals surface area contributed by atoms with Gasteiger partial charge >= 0.3 is 0 Å². The minimum Gasteiger partial charge on any atom is -0.349 e. The minimum absolute atomic E-state index is 0.140. The molecule has 0 saturated heterocycles. The highest BCUT2D eigenvalue weighted by atomic mass is 31.0. The third-order valence-corrected chi connectivity index (χ3v) is 4.85. The summed E-state index contributed by atoms with van der Waals surface area (Å²) in [5.41, 5.74) is 2.03. The smallest absolute Gasteiger partial charge is 0.289 e. The van der Waals surface area contributed by atoms with Gasteiger partial charge in [-0.2, -0.15) is 0 Å². The van der Waals surface area contributed by atoms with Crippen LogP contribution in [0.25, 0.3) is 0 Å². The van der Waals surface area contributed by atoms with E-state index in [2.05, 4.69) is 45.7 Å². The van der Waals surface area contributed by atoms with Crippen LogP contribution in [0.4, 0.5) is 0 Å². The Balaban J connectivity index is 2.62. The first kappa shape index (κ1) is 26.7. The Labute approximate surface area is 188 Å². The molecule has 3 unspecified atom stereocenters. The van der Waals surface area contributed by atoms with Crippen molar-refractivity contribution in [3.8, 4) is 0 Å². The summed E-state index contributed by atoms with van der Waals surface area (Å²) in [5.74, 6) is 0. The molecule has 0 aromatic heterocycles. The van der Waals surface area contributed by atoms with E-state index in [-0.39, 0.29) is 23.4 Å². The topological polar surface area (TPSA) is 102 Å². The monoisotopic (exact) mass is 464 g/mol. The quantitative estimate of drug-likeness (QED) is 0.137. The number of hydrogen-bond acceptors (Lipinski definition) is 8. The number of carbonyl (C=O) groups excluding carboxylic acids is 2. The molecule has 0 fully saturated rings. The second kappa shape index (κ2) is 15.5. The van der Waals surface area contributed by atoms with Gasteiger partial charge in [-0.05, 0) is 31.4 Å². The lowest BCUT2D eigenvalue weighted by Crippen LogP contribution is -2.14. The predicted molar refractivity (Wildman–Crippen MR) is 132 cm³/mol. The first-order valence-electron chi connectivity index (χ1n) is 9.93. The number of aliphatic imine (C=N–C) groups is 2. The van der Waals surface area contributed by atoms with Crippen LogP contribution in [0.2, 0.25) is 0 Å². The summed E-state index contributed by atoms with van der Waals surface area (Å²) < 4.78 is 0. The van der Waals surface area contributed by atoms with Gasteiger partial charge in [0, 0.05) is 12.6 Å². The van der Waals surface area contributed by atoms with E-state index in [1.165, 1.54) is 0 Å². The van der Waals surface area contributed by atoms with Crippen LogP contribution >= 0.6 is 18.5 Å². The molecule has 0 aliphatic carbocycles. The molecule has 0 N–H and O–H groups in total. The average molecular weight is 464 g/mol. The second-order valence-corrected chi connectivity index (χ2v) is 7.69. The largest absolute Gasteiger partial charge is 0.349 e. The van der Waals surface area contributed by atoms with Gasteiger partial charge in [0.15, 0.2) is 11.0 Å². The van der Waals surface area contributed by atoms with Crippen molar-refractivity contribution >= 4 is 53.4 Å². The molecule has 0 aliphatic rings. The lowest BCUT2D eigenvalue weighted by atomic mass is 10.2. The maximum atomic E-state index is 11.2. The molecule has 0 radical (unpaired) electrons. The SMILES string of the molecule is CCCCCC(O/N=C/c1ccc(C=NCN=C(C)C(=O)P)cc1)O/N=C(\C)C(=O)P. The maximum absolute atomic E-state index is 11.2. The molecule has 0 saturated carbocycles. The summed E-state index contributed by atoms with van der Waals surface area (Å²) in [5, 5.41) is 7.79. The number of carbonyl (C=O) groups is 2. The Morgan fingerprint density at radius 3 is 2.16 bits per heavy atom. The van der Waals surface area contributed by atoms with Gasteiger partial charge in [-0.3, -0.25) is 19.6 Å². The molecule has 1 aromatic carbocycles. The first-order chi connectivity index (χ1) is 14.8. The van der Waals surface area contributed by atoms with Crippen LogP contribution < -0.4 is 0 Å². The summed E-state index contributed by atoms with van der Waals surface area (Å²) in [6.45, 7) is 5.53. The molecule has 0 amide bonds. The Morgan fingerprint density at radius 1 is 0.968 bits per heavy atom. The van der Waals surface area contributed by atoms with Crippen molar-refractivity contribution in [1.82, 2.24) is 0 Å². The highest BCUT2D eigenvalue weighted by Gasteiger charge is 2.11. The standard InChI is InChI=1S/C21H30N4O4P2/c1-4-5-6-7-19(29-25-16(3)21(27)31)28-24-13-18-10-8-17(9-11-18)12-22-14-23-15(2)20(26)30/h8-13,19H,4-7,14,30-31H2,1-3H3/b22-12?,23-15?,24-13+,25-16+. The zero-order chi connectivity index (χ0) is 23.1. The molecule has 8 nitrogen and oxygen atoms in total. The summed E-state index contributed by atoms with van der Waals surface area (Å²) in [7, 11) is 4.13. The normalized spacial score (nSPS) is 13.6. The number of hydrogen-bond donors (Lipinski definition) is 0. The van der Waals surface area contributed by atoms with E-state index in [0.29, 0.717) is 12.1 Å². The van der Waals surface area contributed by atoms with Crippen LogP contribution in [0.1, 0.15) is 57.6 Å². The third-order valence-electron chi connectivity index (χ3n) is 4.01. The molecule has 0 bridgehead atoms. The number of oxime groups is 2. The Hall–Kier alpha value is -2.30. The number of benzene rings is 1. The Morgan fingerprint density at radius 2 is 1.58 bits per heavy atom. The van der Waals surface area contributed by atoms with Crippen LogP contribution in [0.5, 0.6) is 0 Å². The summed E-state index contributed by atoms with van der Waals surface area (Å²) in [6, 6.07) is 7.51. The lowest BCUT2D eigenvalue weighted by Gasteiger charge is -2.12. The highest BCUT2D eigenvalue weighted by Crippen LogP contribution is 2.10. The molecule has 0 spiro atoms. The van der Waals surface area contributed by atoms with Gasteiger partial charge in [-0.1, -0.05) is 72.8 Å². The van der Waals surface area contributed by atoms with Crippen molar-refractivity contribution in [2.24, 2.45) is 20.3 Å². The Bertz CT molecular complexity index is 836. The summed E-state index contributed by atoms with van der Waals surface area (Å²) >= 11 is 0. The molecule has 168 valence electrons. The van der Waals surface area contributed by atoms with E-state index in [4.69, 9.17) is 9.68 Å². The first-order valence-corrected chi connectivity index (χ1v) is 11.1. The molecule has 31 heavy (non-hydrogen) atoms. The van der Waals surface area contributed by atoms with Crippen molar-refractivity contribution in [3.05, 3.63) is 35.4 Å². The fourth-order valence-corrected chi connectivity index (χ4v) is 2.21. The van der Waals surface area contributed by atoms with Gasteiger partial charge in [-0.15, -0.1) is 0 Å². The fourth-order valence-electron chi connectivity index (χ4n) is 2.07. The second-order valence-electron chi connectivity index (χ2n) is 6.64. The number of unbranched alkanes of at least 4 members (excludes halogenated alkanes) is 2. The van der Waals surface area contributed by atoms with Crippen LogP contribution in [-0.4, -0.2) is 47.9 Å². The van der Waals surface area contributed by atoms with Crippen LogP contribution in [0.3, 0.4) is 0 Å². The van der Waals surface area contributed by atoms with E-state index in [1.54, 1.807) is 26.3 Å². The van der Waals surface area contributed by atoms with Gasteiger partial charge in [0.25, 0.3) is 6.29 Å². The van der Waals surface area contributed by atoms with Gasteiger partial charge in [0.2, 0.25) is 0 Å². The third kappa shape index (κ3) is 12.2. The van der Waals surface area contributed by atoms with Crippen molar-refractivity contribution in [2.75, 3.05) is 6.67 Å². The molecular formula is C21H30N4O4P2. The van der Waals surface area contributed by atoms with E-state index >= 15 is 0 Å². The molecule has 0 heterocycles. The molecular weight excluding hydrogens is 434 g/mol. The summed E-state index contributed by atoms with van der Waals surface area (Å²) in [4.78, 5) is 41.3.